The largest absolute Gasteiger partial charge is 0.390 e. The Morgan fingerprint density at radius 2 is 2.00 bits per heavy atom. The van der Waals surface area contributed by atoms with Crippen LogP contribution in [0, 0.1) is 5.82 Å². The quantitative estimate of drug-likeness (QED) is 0.812. The average Bonchev–Trinajstić information content (AvgIpc) is 2.61. The number of aliphatic hydroxyl groups excluding tert-OH is 1. The van der Waals surface area contributed by atoms with Crippen LogP contribution in [0.25, 0.3) is 11.1 Å². The average molecular weight is 206 g/mol. The molecule has 4 heteroatoms. The van der Waals surface area contributed by atoms with E-state index in [1.165, 1.54) is 12.1 Å². The van der Waals surface area contributed by atoms with Gasteiger partial charge in [-0.05, 0) is 17.7 Å². The van der Waals surface area contributed by atoms with Crippen LogP contribution in [0.3, 0.4) is 0 Å². The third kappa shape index (κ3) is 1.89. The van der Waals surface area contributed by atoms with Crippen molar-refractivity contribution in [2.75, 3.05) is 0 Å². The number of nitrogens with zero attached hydrogens (tertiary/aromatic N) is 2. The van der Waals surface area contributed by atoms with Crippen molar-refractivity contribution in [2.24, 2.45) is 7.05 Å². The number of benzene rings is 1. The molecule has 1 heterocycles. The minimum absolute atomic E-state index is 0.118. The lowest BCUT2D eigenvalue weighted by Crippen LogP contribution is -1.90. The van der Waals surface area contributed by atoms with Gasteiger partial charge in [-0.1, -0.05) is 12.1 Å². The molecule has 0 aliphatic heterocycles. The van der Waals surface area contributed by atoms with E-state index in [-0.39, 0.29) is 12.4 Å². The monoisotopic (exact) mass is 206 g/mol. The number of hydrogen-bond acceptors (Lipinski definition) is 2. The predicted octanol–water partition coefficient (Wildman–Crippen LogP) is 1.72. The van der Waals surface area contributed by atoms with Crippen LogP contribution in [-0.2, 0) is 13.7 Å². The summed E-state index contributed by atoms with van der Waals surface area (Å²) in [6.45, 7) is -0.118. The Kier molecular flexibility index (Phi) is 2.51. The minimum Gasteiger partial charge on any atom is -0.390 e. The Morgan fingerprint density at radius 3 is 2.60 bits per heavy atom. The Labute approximate surface area is 86.8 Å². The highest BCUT2D eigenvalue weighted by molar-refractivity contribution is 5.65. The number of halogens is 1. The molecule has 0 fully saturated rings. The summed E-state index contributed by atoms with van der Waals surface area (Å²) in [7, 11) is 1.78. The van der Waals surface area contributed by atoms with Gasteiger partial charge in [0.25, 0.3) is 0 Å². The van der Waals surface area contributed by atoms with Gasteiger partial charge in [0.05, 0.1) is 12.3 Å². The summed E-state index contributed by atoms with van der Waals surface area (Å²) >= 11 is 0. The maximum atomic E-state index is 12.7. The summed E-state index contributed by atoms with van der Waals surface area (Å²) in [5, 5.41) is 13.2. The second-order valence-electron chi connectivity index (χ2n) is 3.33. The first-order valence-corrected chi connectivity index (χ1v) is 4.60. The predicted molar refractivity (Wildman–Crippen MR) is 54.5 cm³/mol. The third-order valence-corrected chi connectivity index (χ3v) is 2.21. The van der Waals surface area contributed by atoms with Crippen LogP contribution < -0.4 is 0 Å². The van der Waals surface area contributed by atoms with Gasteiger partial charge in [-0.25, -0.2) is 4.39 Å². The van der Waals surface area contributed by atoms with Crippen molar-refractivity contribution >= 4 is 0 Å². The van der Waals surface area contributed by atoms with Gasteiger partial charge in [0, 0.05) is 18.8 Å². The Hall–Kier alpha value is -1.68. The fourth-order valence-corrected chi connectivity index (χ4v) is 1.52. The summed E-state index contributed by atoms with van der Waals surface area (Å²) < 4.78 is 14.3. The molecular formula is C11H11FN2O. The van der Waals surface area contributed by atoms with Crippen LogP contribution in [0.1, 0.15) is 5.69 Å². The lowest BCUT2D eigenvalue weighted by atomic mass is 10.1. The maximum absolute atomic E-state index is 12.7. The SMILES string of the molecule is Cn1cc(-c2ccc(F)cc2)c(CO)n1. The highest BCUT2D eigenvalue weighted by atomic mass is 19.1. The zero-order valence-corrected chi connectivity index (χ0v) is 8.31. The van der Waals surface area contributed by atoms with Gasteiger partial charge in [-0.3, -0.25) is 4.68 Å². The van der Waals surface area contributed by atoms with Crippen molar-refractivity contribution in [1.29, 1.82) is 0 Å². The van der Waals surface area contributed by atoms with E-state index in [0.717, 1.165) is 11.1 Å². The number of aryl methyl sites for hydroxylation is 1. The summed E-state index contributed by atoms with van der Waals surface area (Å²) in [5.41, 5.74) is 2.29. The fraction of sp³-hybridized carbons (Fsp3) is 0.182. The van der Waals surface area contributed by atoms with Crippen molar-refractivity contribution in [2.45, 2.75) is 6.61 Å². The van der Waals surface area contributed by atoms with Gasteiger partial charge in [0.2, 0.25) is 0 Å². The van der Waals surface area contributed by atoms with Gasteiger partial charge < -0.3 is 5.11 Å². The lowest BCUT2D eigenvalue weighted by Gasteiger charge is -1.99. The molecule has 0 aliphatic rings. The van der Waals surface area contributed by atoms with Crippen LogP contribution >= 0.6 is 0 Å². The first kappa shape index (κ1) is 9.86. The number of aromatic nitrogens is 2. The van der Waals surface area contributed by atoms with Gasteiger partial charge in [-0.15, -0.1) is 0 Å². The fourth-order valence-electron chi connectivity index (χ4n) is 1.52. The van der Waals surface area contributed by atoms with Crippen molar-refractivity contribution in [3.05, 3.63) is 42.0 Å². The van der Waals surface area contributed by atoms with Crippen LogP contribution in [0.15, 0.2) is 30.5 Å². The highest BCUT2D eigenvalue weighted by Crippen LogP contribution is 2.22. The van der Waals surface area contributed by atoms with Crippen molar-refractivity contribution in [3.8, 4) is 11.1 Å². The zero-order chi connectivity index (χ0) is 10.8. The third-order valence-electron chi connectivity index (χ3n) is 2.21. The second-order valence-corrected chi connectivity index (χ2v) is 3.33. The number of hydrogen-bond donors (Lipinski definition) is 1. The van der Waals surface area contributed by atoms with Crippen molar-refractivity contribution < 1.29 is 9.50 Å². The molecule has 78 valence electrons. The Morgan fingerprint density at radius 1 is 1.33 bits per heavy atom. The number of aliphatic hydroxyl groups is 1. The van der Waals surface area contributed by atoms with Crippen molar-refractivity contribution in [3.63, 3.8) is 0 Å². The molecule has 0 saturated heterocycles. The summed E-state index contributed by atoms with van der Waals surface area (Å²) in [6.07, 6.45) is 1.80. The van der Waals surface area contributed by atoms with Gasteiger partial charge in [0.1, 0.15) is 5.82 Å². The molecule has 2 aromatic rings. The molecule has 1 N–H and O–H groups in total. The summed E-state index contributed by atoms with van der Waals surface area (Å²) in [5.74, 6) is -0.270. The van der Waals surface area contributed by atoms with Crippen molar-refractivity contribution in [1.82, 2.24) is 9.78 Å². The van der Waals surface area contributed by atoms with Crippen LogP contribution in [0.2, 0.25) is 0 Å². The molecule has 3 nitrogen and oxygen atoms in total. The molecule has 0 atom stereocenters. The Bertz CT molecular complexity index is 462. The summed E-state index contributed by atoms with van der Waals surface area (Å²) in [6, 6.07) is 6.13. The molecule has 15 heavy (non-hydrogen) atoms. The molecular weight excluding hydrogens is 195 g/mol. The van der Waals surface area contributed by atoms with E-state index in [2.05, 4.69) is 5.10 Å². The molecule has 0 radical (unpaired) electrons. The molecule has 0 bridgehead atoms. The minimum atomic E-state index is -0.270. The van der Waals surface area contributed by atoms with Gasteiger partial charge >= 0.3 is 0 Å². The van der Waals surface area contributed by atoms with E-state index in [1.807, 2.05) is 0 Å². The smallest absolute Gasteiger partial charge is 0.123 e. The van der Waals surface area contributed by atoms with Crippen LogP contribution in [-0.4, -0.2) is 14.9 Å². The lowest BCUT2D eigenvalue weighted by molar-refractivity contribution is 0.276. The van der Waals surface area contributed by atoms with Gasteiger partial charge in [0.15, 0.2) is 0 Å². The topological polar surface area (TPSA) is 38.0 Å². The van der Waals surface area contributed by atoms with E-state index in [0.29, 0.717) is 5.69 Å². The second kappa shape index (κ2) is 3.82. The molecule has 0 amide bonds. The standard InChI is InChI=1S/C11H11FN2O/c1-14-6-10(11(7-15)13-14)8-2-4-9(12)5-3-8/h2-6,15H,7H2,1H3. The van der Waals surface area contributed by atoms with E-state index in [9.17, 15) is 4.39 Å². The summed E-state index contributed by atoms with van der Waals surface area (Å²) in [4.78, 5) is 0. The number of rotatable bonds is 2. The molecule has 0 aliphatic carbocycles. The molecule has 1 aromatic carbocycles. The molecule has 1 aromatic heterocycles. The highest BCUT2D eigenvalue weighted by Gasteiger charge is 2.08. The van der Waals surface area contributed by atoms with E-state index >= 15 is 0 Å². The first-order chi connectivity index (χ1) is 7.20. The van der Waals surface area contributed by atoms with Gasteiger partial charge in [-0.2, -0.15) is 5.10 Å². The van der Waals surface area contributed by atoms with E-state index in [1.54, 1.807) is 30.1 Å². The molecule has 2 rings (SSSR count). The van der Waals surface area contributed by atoms with Crippen LogP contribution in [0.4, 0.5) is 4.39 Å². The van der Waals surface area contributed by atoms with E-state index < -0.39 is 0 Å². The molecule has 0 saturated carbocycles. The van der Waals surface area contributed by atoms with E-state index in [4.69, 9.17) is 5.11 Å². The molecule has 0 spiro atoms. The normalized spacial score (nSPS) is 10.6. The molecule has 0 unspecified atom stereocenters. The van der Waals surface area contributed by atoms with Crippen LogP contribution in [0.5, 0.6) is 0 Å². The first-order valence-electron chi connectivity index (χ1n) is 4.60. The Balaban J connectivity index is 2.48. The zero-order valence-electron chi connectivity index (χ0n) is 8.31. The maximum Gasteiger partial charge on any atom is 0.123 e.